The van der Waals surface area contributed by atoms with E-state index in [1.165, 1.54) is 15.7 Å². The second kappa shape index (κ2) is 3.29. The van der Waals surface area contributed by atoms with Crippen LogP contribution in [0, 0.1) is 0 Å². The topological polar surface area (TPSA) is 0 Å². The summed E-state index contributed by atoms with van der Waals surface area (Å²) in [5, 5.41) is 0. The van der Waals surface area contributed by atoms with Crippen LogP contribution in [0.5, 0.6) is 0 Å². The van der Waals surface area contributed by atoms with Crippen molar-refractivity contribution in [1.82, 2.24) is 0 Å². The number of halogens is 1. The zero-order chi connectivity index (χ0) is 7.68. The summed E-state index contributed by atoms with van der Waals surface area (Å²) in [5.74, 6) is 0. The summed E-state index contributed by atoms with van der Waals surface area (Å²) in [4.78, 5) is 0. The molecule has 0 N–H and O–H groups in total. The molecule has 0 heterocycles. The number of benzene rings is 1. The van der Waals surface area contributed by atoms with Gasteiger partial charge in [-0.2, -0.15) is 0 Å². The summed E-state index contributed by atoms with van der Waals surface area (Å²) in [6, 6.07) is 8.59. The molecule has 0 amide bonds. The molecule has 1 aliphatic carbocycles. The molecule has 0 saturated heterocycles. The molecule has 0 fully saturated rings. The summed E-state index contributed by atoms with van der Waals surface area (Å²) >= 11 is 3.59. The molecular formula is C9H7BrMg. The van der Waals surface area contributed by atoms with Crippen molar-refractivity contribution in [2.45, 2.75) is 4.55 Å². The van der Waals surface area contributed by atoms with E-state index in [-0.39, 0.29) is 18.2 Å². The first kappa shape index (κ1) is 7.83. The van der Waals surface area contributed by atoms with Crippen LogP contribution in [-0.2, 0) is 0 Å². The third-order valence-electron chi connectivity index (χ3n) is 2.00. The quantitative estimate of drug-likeness (QED) is 0.671. The van der Waals surface area contributed by atoms with Gasteiger partial charge >= 0.3 is 18.2 Å². The molecule has 0 radical (unpaired) electrons. The lowest BCUT2D eigenvalue weighted by molar-refractivity contribution is 1.48. The van der Waals surface area contributed by atoms with Gasteiger partial charge < -0.3 is 12.9 Å². The predicted octanol–water partition coefficient (Wildman–Crippen LogP) is 2.97. The maximum atomic E-state index is 3.57. The molecule has 1 aromatic rings. The van der Waals surface area contributed by atoms with Crippen molar-refractivity contribution >= 4 is 42.7 Å². The number of allylic oxidation sites excluding steroid dienone is 1. The van der Waals surface area contributed by atoms with E-state index in [0.29, 0.717) is 0 Å². The van der Waals surface area contributed by atoms with Crippen LogP contribution in [0.2, 0.25) is 4.55 Å². The van der Waals surface area contributed by atoms with Gasteiger partial charge in [0.25, 0.3) is 0 Å². The molecular weight excluding hydrogens is 212 g/mol. The summed E-state index contributed by atoms with van der Waals surface area (Å²) in [6.07, 6.45) is 2.30. The lowest BCUT2D eigenvalue weighted by Gasteiger charge is -2.18. The standard InChI is InChI=1S/C9H7.BrH.Mg/c1-7-6-8-4-2-3-5-9(7)8;;/h2-6H,1H2;1H;/q;;+1/p-1. The van der Waals surface area contributed by atoms with E-state index in [9.17, 15) is 0 Å². The van der Waals surface area contributed by atoms with Crippen LogP contribution >= 0.6 is 12.9 Å². The van der Waals surface area contributed by atoms with E-state index in [0.717, 1.165) is 0 Å². The van der Waals surface area contributed by atoms with Crippen LogP contribution in [-0.4, -0.2) is 18.2 Å². The fourth-order valence-corrected chi connectivity index (χ4v) is 3.31. The molecule has 2 rings (SSSR count). The fourth-order valence-electron chi connectivity index (χ4n) is 1.41. The Balaban J connectivity index is 2.24. The molecule has 0 spiro atoms. The van der Waals surface area contributed by atoms with Gasteiger partial charge in [-0.15, -0.1) is 4.55 Å². The van der Waals surface area contributed by atoms with Crippen LogP contribution in [0.1, 0.15) is 11.1 Å². The highest BCUT2D eigenvalue weighted by Gasteiger charge is 2.13. The molecule has 0 unspecified atom stereocenters. The Morgan fingerprint density at radius 1 is 1.27 bits per heavy atom. The van der Waals surface area contributed by atoms with Gasteiger partial charge in [-0.05, 0) is 11.1 Å². The van der Waals surface area contributed by atoms with E-state index in [1.807, 2.05) is 0 Å². The average molecular weight is 219 g/mol. The highest BCUT2D eigenvalue weighted by atomic mass is 79.9. The van der Waals surface area contributed by atoms with Crippen LogP contribution in [0.4, 0.5) is 0 Å². The lowest BCUT2D eigenvalue weighted by Crippen LogP contribution is -1.98. The van der Waals surface area contributed by atoms with Gasteiger partial charge in [-0.25, -0.2) is 0 Å². The highest BCUT2D eigenvalue weighted by molar-refractivity contribution is 9.23. The minimum atomic E-state index is 0.0115. The van der Waals surface area contributed by atoms with Crippen molar-refractivity contribution in [3.8, 4) is 0 Å². The molecule has 11 heavy (non-hydrogen) atoms. The van der Waals surface area contributed by atoms with Crippen LogP contribution in [0.15, 0.2) is 24.3 Å². The van der Waals surface area contributed by atoms with Gasteiger partial charge in [-0.1, -0.05) is 35.9 Å². The Morgan fingerprint density at radius 3 is 2.82 bits per heavy atom. The molecule has 0 bridgehead atoms. The Bertz CT molecular complexity index is 304. The molecule has 0 nitrogen and oxygen atoms in total. The molecule has 0 aliphatic heterocycles. The van der Waals surface area contributed by atoms with E-state index < -0.39 is 0 Å². The molecule has 1 aliphatic rings. The van der Waals surface area contributed by atoms with E-state index in [1.54, 1.807) is 5.57 Å². The lowest BCUT2D eigenvalue weighted by atomic mass is 9.90. The van der Waals surface area contributed by atoms with Gasteiger partial charge in [0, 0.05) is 0 Å². The normalized spacial score (nSPS) is 12.6. The largest absolute Gasteiger partial charge is 0.473 e. The van der Waals surface area contributed by atoms with E-state index in [4.69, 9.17) is 0 Å². The maximum Gasteiger partial charge on any atom is 0.473 e. The fraction of sp³-hybridized carbons (Fsp3) is 0.111. The monoisotopic (exact) mass is 218 g/mol. The second-order valence-corrected chi connectivity index (χ2v) is 5.95. The minimum absolute atomic E-state index is 0.0115. The van der Waals surface area contributed by atoms with Crippen molar-refractivity contribution in [2.24, 2.45) is 0 Å². The Hall–Kier alpha value is 0.206. The molecule has 0 atom stereocenters. The van der Waals surface area contributed by atoms with Crippen LogP contribution < -0.4 is 0 Å². The van der Waals surface area contributed by atoms with Gasteiger partial charge in [0.05, 0.1) is 0 Å². The van der Waals surface area contributed by atoms with Crippen molar-refractivity contribution in [3.05, 3.63) is 35.4 Å². The van der Waals surface area contributed by atoms with Crippen molar-refractivity contribution < 1.29 is 0 Å². The third kappa shape index (κ3) is 1.39. The van der Waals surface area contributed by atoms with E-state index in [2.05, 4.69) is 43.2 Å². The van der Waals surface area contributed by atoms with Gasteiger partial charge in [0.2, 0.25) is 0 Å². The Labute approximate surface area is 82.3 Å². The predicted molar refractivity (Wildman–Crippen MR) is 53.8 cm³/mol. The van der Waals surface area contributed by atoms with E-state index >= 15 is 0 Å². The summed E-state index contributed by atoms with van der Waals surface area (Å²) in [7, 11) is 0. The first-order valence-corrected chi connectivity index (χ1v) is 8.67. The summed E-state index contributed by atoms with van der Waals surface area (Å²) in [6.45, 7) is 0. The zero-order valence-corrected chi connectivity index (χ0v) is 9.18. The number of rotatable bonds is 2. The number of hydrogen-bond acceptors (Lipinski definition) is 0. The average Bonchev–Trinajstić information content (AvgIpc) is 2.01. The summed E-state index contributed by atoms with van der Waals surface area (Å²) in [5.41, 5.74) is 4.43. The van der Waals surface area contributed by atoms with Crippen molar-refractivity contribution in [1.29, 1.82) is 0 Å². The number of hydrogen-bond donors (Lipinski definition) is 0. The first-order valence-electron chi connectivity index (χ1n) is 3.78. The second-order valence-electron chi connectivity index (χ2n) is 2.70. The summed E-state index contributed by atoms with van der Waals surface area (Å²) < 4.78 is 1.29. The van der Waals surface area contributed by atoms with Crippen LogP contribution in [0.3, 0.4) is 0 Å². The Morgan fingerprint density at radius 2 is 2.09 bits per heavy atom. The van der Waals surface area contributed by atoms with Gasteiger partial charge in [-0.3, -0.25) is 0 Å². The smallest absolute Gasteiger partial charge is 0.306 e. The minimum Gasteiger partial charge on any atom is -0.306 e. The highest BCUT2D eigenvalue weighted by Crippen LogP contribution is 2.34. The molecule has 0 saturated carbocycles. The third-order valence-corrected chi connectivity index (χ3v) is 3.92. The van der Waals surface area contributed by atoms with Gasteiger partial charge in [0.1, 0.15) is 0 Å². The van der Waals surface area contributed by atoms with Gasteiger partial charge in [0.15, 0.2) is 0 Å². The maximum absolute atomic E-state index is 3.57. The van der Waals surface area contributed by atoms with Crippen molar-refractivity contribution in [3.63, 3.8) is 0 Å². The van der Waals surface area contributed by atoms with Crippen LogP contribution in [0.25, 0.3) is 11.6 Å². The first-order chi connectivity index (χ1) is 5.42. The molecule has 1 aromatic carbocycles. The molecule has 2 heteroatoms. The number of fused-ring (bicyclic) bond motifs is 1. The SMILES string of the molecule is [Br][Mg][CH2]C1=Cc2ccccc21. The molecule has 52 valence electrons. The van der Waals surface area contributed by atoms with Crippen molar-refractivity contribution in [2.75, 3.05) is 0 Å². The Kier molecular flexibility index (Phi) is 2.35. The zero-order valence-electron chi connectivity index (χ0n) is 6.18. The molecule has 0 aromatic heterocycles.